The number of aliphatic hydroxyl groups is 1. The van der Waals surface area contributed by atoms with Crippen LogP contribution in [0.5, 0.6) is 5.75 Å². The van der Waals surface area contributed by atoms with Gasteiger partial charge in [0.1, 0.15) is 5.75 Å². The van der Waals surface area contributed by atoms with Crippen molar-refractivity contribution in [2.45, 2.75) is 51.9 Å². The Morgan fingerprint density at radius 2 is 2.00 bits per heavy atom. The third-order valence-electron chi connectivity index (χ3n) is 3.73. The lowest BCUT2D eigenvalue weighted by Gasteiger charge is -2.24. The summed E-state index contributed by atoms with van der Waals surface area (Å²) in [4.78, 5) is 2.36. The Hall–Kier alpha value is -1.06. The third kappa shape index (κ3) is 3.95. The predicted molar refractivity (Wildman–Crippen MR) is 77.4 cm³/mol. The molecule has 2 unspecified atom stereocenters. The quantitative estimate of drug-likeness (QED) is 0.886. The first-order valence-electron chi connectivity index (χ1n) is 7.25. The van der Waals surface area contributed by atoms with Gasteiger partial charge >= 0.3 is 0 Å². The van der Waals surface area contributed by atoms with Crippen molar-refractivity contribution in [3.63, 3.8) is 0 Å². The molecule has 1 aromatic rings. The minimum atomic E-state index is -0.409. The molecule has 2 rings (SSSR count). The molecule has 0 saturated carbocycles. The molecule has 0 aromatic heterocycles. The molecule has 0 radical (unpaired) electrons. The largest absolute Gasteiger partial charge is 0.491 e. The first-order valence-corrected chi connectivity index (χ1v) is 7.25. The molecule has 1 aromatic carbocycles. The first kappa shape index (κ1) is 14.4. The van der Waals surface area contributed by atoms with E-state index in [0.717, 1.165) is 24.4 Å². The smallest absolute Gasteiger partial charge is 0.119 e. The summed E-state index contributed by atoms with van der Waals surface area (Å²) in [5, 5.41) is 10.3. The predicted octanol–water partition coefficient (Wildman–Crippen LogP) is 2.99. The number of nitrogens with zero attached hydrogens (tertiary/aromatic N) is 1. The lowest BCUT2D eigenvalue weighted by Crippen LogP contribution is -2.31. The van der Waals surface area contributed by atoms with Gasteiger partial charge in [0, 0.05) is 12.6 Å². The molecule has 1 aliphatic rings. The highest BCUT2D eigenvalue weighted by atomic mass is 16.5. The zero-order valence-corrected chi connectivity index (χ0v) is 12.2. The van der Waals surface area contributed by atoms with Crippen LogP contribution in [-0.4, -0.2) is 35.2 Å². The standard InChI is InChI=1S/C16H25NO2/c1-12(2)19-15-8-6-14(7-9-15)16(18)11-17-10-4-5-13(17)3/h6-9,12-13,16,18H,4-5,10-11H2,1-3H3. The molecular formula is C16H25NO2. The maximum Gasteiger partial charge on any atom is 0.119 e. The Kier molecular flexibility index (Phi) is 4.83. The lowest BCUT2D eigenvalue weighted by atomic mass is 10.1. The van der Waals surface area contributed by atoms with E-state index < -0.39 is 6.10 Å². The van der Waals surface area contributed by atoms with Crippen molar-refractivity contribution in [2.24, 2.45) is 0 Å². The minimum absolute atomic E-state index is 0.182. The topological polar surface area (TPSA) is 32.7 Å². The second-order valence-electron chi connectivity index (χ2n) is 5.74. The molecule has 2 atom stereocenters. The van der Waals surface area contributed by atoms with Gasteiger partial charge in [0.25, 0.3) is 0 Å². The third-order valence-corrected chi connectivity index (χ3v) is 3.73. The van der Waals surface area contributed by atoms with Crippen LogP contribution in [0.3, 0.4) is 0 Å². The fraction of sp³-hybridized carbons (Fsp3) is 0.625. The van der Waals surface area contributed by atoms with Crippen molar-refractivity contribution in [3.8, 4) is 5.75 Å². The van der Waals surface area contributed by atoms with Crippen LogP contribution in [0.2, 0.25) is 0 Å². The van der Waals surface area contributed by atoms with Crippen LogP contribution >= 0.6 is 0 Å². The maximum absolute atomic E-state index is 10.3. The molecule has 3 heteroatoms. The molecule has 3 nitrogen and oxygen atoms in total. The fourth-order valence-electron chi connectivity index (χ4n) is 2.63. The molecule has 1 aliphatic heterocycles. The van der Waals surface area contributed by atoms with E-state index >= 15 is 0 Å². The highest BCUT2D eigenvalue weighted by Gasteiger charge is 2.23. The zero-order valence-electron chi connectivity index (χ0n) is 12.2. The summed E-state index contributed by atoms with van der Waals surface area (Å²) in [5.74, 6) is 0.862. The summed E-state index contributed by atoms with van der Waals surface area (Å²) in [7, 11) is 0. The van der Waals surface area contributed by atoms with Crippen LogP contribution in [0, 0.1) is 0 Å². The monoisotopic (exact) mass is 263 g/mol. The van der Waals surface area contributed by atoms with E-state index in [9.17, 15) is 5.11 Å². The molecule has 1 fully saturated rings. The molecule has 0 amide bonds. The number of rotatable bonds is 5. The van der Waals surface area contributed by atoms with Crippen molar-refractivity contribution < 1.29 is 9.84 Å². The van der Waals surface area contributed by atoms with Gasteiger partial charge in [-0.3, -0.25) is 4.90 Å². The van der Waals surface area contributed by atoms with Crippen LogP contribution in [0.25, 0.3) is 0 Å². The number of ether oxygens (including phenoxy) is 1. The van der Waals surface area contributed by atoms with Gasteiger partial charge in [-0.25, -0.2) is 0 Å². The molecule has 1 heterocycles. The Morgan fingerprint density at radius 1 is 1.32 bits per heavy atom. The molecule has 0 spiro atoms. The van der Waals surface area contributed by atoms with Gasteiger partial charge < -0.3 is 9.84 Å². The number of hydrogen-bond donors (Lipinski definition) is 1. The van der Waals surface area contributed by atoms with Crippen molar-refractivity contribution in [1.82, 2.24) is 4.90 Å². The van der Waals surface area contributed by atoms with Gasteiger partial charge in [-0.15, -0.1) is 0 Å². The van der Waals surface area contributed by atoms with Crippen LogP contribution in [0.4, 0.5) is 0 Å². The van der Waals surface area contributed by atoms with E-state index in [2.05, 4.69) is 11.8 Å². The van der Waals surface area contributed by atoms with Gasteiger partial charge in [-0.2, -0.15) is 0 Å². The SMILES string of the molecule is CC(C)Oc1ccc(C(O)CN2CCCC2C)cc1. The second-order valence-corrected chi connectivity index (χ2v) is 5.74. The van der Waals surface area contributed by atoms with Crippen LogP contribution in [0.15, 0.2) is 24.3 Å². The molecule has 106 valence electrons. The van der Waals surface area contributed by atoms with E-state index in [-0.39, 0.29) is 6.10 Å². The molecular weight excluding hydrogens is 238 g/mol. The van der Waals surface area contributed by atoms with E-state index in [0.29, 0.717) is 6.04 Å². The molecule has 1 N–H and O–H groups in total. The summed E-state index contributed by atoms with van der Waals surface area (Å²) < 4.78 is 5.61. The Bertz CT molecular complexity index is 388. The van der Waals surface area contributed by atoms with E-state index in [4.69, 9.17) is 4.74 Å². The van der Waals surface area contributed by atoms with E-state index in [1.807, 2.05) is 38.1 Å². The number of hydrogen-bond acceptors (Lipinski definition) is 3. The normalized spacial score (nSPS) is 21.8. The van der Waals surface area contributed by atoms with Crippen LogP contribution in [-0.2, 0) is 0 Å². The lowest BCUT2D eigenvalue weighted by molar-refractivity contribution is 0.110. The highest BCUT2D eigenvalue weighted by Crippen LogP contribution is 2.23. The Balaban J connectivity index is 1.93. The van der Waals surface area contributed by atoms with E-state index in [1.54, 1.807) is 0 Å². The molecule has 1 saturated heterocycles. The number of aliphatic hydroxyl groups excluding tert-OH is 1. The average molecular weight is 263 g/mol. The van der Waals surface area contributed by atoms with Gasteiger partial charge in [-0.05, 0) is 57.9 Å². The van der Waals surface area contributed by atoms with Crippen molar-refractivity contribution >= 4 is 0 Å². The fourth-order valence-corrected chi connectivity index (χ4v) is 2.63. The summed E-state index contributed by atoms with van der Waals surface area (Å²) in [6.45, 7) is 8.09. The summed E-state index contributed by atoms with van der Waals surface area (Å²) in [6, 6.07) is 8.39. The molecule has 0 bridgehead atoms. The second kappa shape index (κ2) is 6.40. The molecule has 0 aliphatic carbocycles. The van der Waals surface area contributed by atoms with Crippen LogP contribution < -0.4 is 4.74 Å². The van der Waals surface area contributed by atoms with Crippen molar-refractivity contribution in [3.05, 3.63) is 29.8 Å². The average Bonchev–Trinajstić information content (AvgIpc) is 2.75. The molecule has 19 heavy (non-hydrogen) atoms. The number of likely N-dealkylation sites (tertiary alicyclic amines) is 1. The van der Waals surface area contributed by atoms with Crippen LogP contribution in [0.1, 0.15) is 45.3 Å². The van der Waals surface area contributed by atoms with Gasteiger partial charge in [-0.1, -0.05) is 12.1 Å². The summed E-state index contributed by atoms with van der Waals surface area (Å²) >= 11 is 0. The highest BCUT2D eigenvalue weighted by molar-refractivity contribution is 5.28. The number of β-amino-alcohol motifs (C(OH)–C–C–N with tert-alkyl or cyclic N) is 1. The van der Waals surface area contributed by atoms with Crippen molar-refractivity contribution in [1.29, 1.82) is 0 Å². The first-order chi connectivity index (χ1) is 9.06. The zero-order chi connectivity index (χ0) is 13.8. The minimum Gasteiger partial charge on any atom is -0.491 e. The Morgan fingerprint density at radius 3 is 2.53 bits per heavy atom. The summed E-state index contributed by atoms with van der Waals surface area (Å²) in [6.07, 6.45) is 2.26. The number of benzene rings is 1. The summed E-state index contributed by atoms with van der Waals surface area (Å²) in [5.41, 5.74) is 0.968. The Labute approximate surface area is 116 Å². The van der Waals surface area contributed by atoms with E-state index in [1.165, 1.54) is 12.8 Å². The van der Waals surface area contributed by atoms with Gasteiger partial charge in [0.15, 0.2) is 0 Å². The van der Waals surface area contributed by atoms with Gasteiger partial charge in [0.05, 0.1) is 12.2 Å². The van der Waals surface area contributed by atoms with Gasteiger partial charge in [0.2, 0.25) is 0 Å². The maximum atomic E-state index is 10.3. The van der Waals surface area contributed by atoms with Crippen molar-refractivity contribution in [2.75, 3.05) is 13.1 Å².